The Hall–Kier alpha value is -0.580. The number of thiocarbonyl (C=S) groups is 1. The number of aliphatic hydroxyl groups is 1. The van der Waals surface area contributed by atoms with E-state index in [1.807, 2.05) is 23.1 Å². The van der Waals surface area contributed by atoms with Gasteiger partial charge in [-0.1, -0.05) is 54.3 Å². The smallest absolute Gasteiger partial charge is 0.138 e. The van der Waals surface area contributed by atoms with Crippen LogP contribution in [0, 0.1) is 0 Å². The SMILES string of the molecule is O[C@@H]1CSC(=S)N1CCc1ccccc1. The molecule has 0 aliphatic carbocycles. The second-order valence-electron chi connectivity index (χ2n) is 3.49. The first-order valence-electron chi connectivity index (χ1n) is 4.93. The van der Waals surface area contributed by atoms with E-state index in [2.05, 4.69) is 12.1 Å². The Morgan fingerprint density at radius 1 is 1.40 bits per heavy atom. The predicted molar refractivity (Wildman–Crippen MR) is 67.9 cm³/mol. The van der Waals surface area contributed by atoms with Crippen LogP contribution in [0.2, 0.25) is 0 Å². The summed E-state index contributed by atoms with van der Waals surface area (Å²) in [7, 11) is 0. The first-order chi connectivity index (χ1) is 7.27. The lowest BCUT2D eigenvalue weighted by molar-refractivity contribution is 0.0849. The lowest BCUT2D eigenvalue weighted by Gasteiger charge is -2.21. The molecule has 1 aromatic rings. The summed E-state index contributed by atoms with van der Waals surface area (Å²) in [5, 5.41) is 9.65. The van der Waals surface area contributed by atoms with Crippen molar-refractivity contribution in [2.24, 2.45) is 0 Å². The molecule has 1 N–H and O–H groups in total. The monoisotopic (exact) mass is 239 g/mol. The van der Waals surface area contributed by atoms with Crippen LogP contribution < -0.4 is 0 Å². The summed E-state index contributed by atoms with van der Waals surface area (Å²) < 4.78 is 0.818. The van der Waals surface area contributed by atoms with Crippen molar-refractivity contribution >= 4 is 28.3 Å². The van der Waals surface area contributed by atoms with Gasteiger partial charge in [0, 0.05) is 12.3 Å². The van der Waals surface area contributed by atoms with Crippen LogP contribution in [0.3, 0.4) is 0 Å². The molecule has 0 radical (unpaired) electrons. The van der Waals surface area contributed by atoms with E-state index in [1.165, 1.54) is 5.56 Å². The van der Waals surface area contributed by atoms with Crippen LogP contribution in [-0.4, -0.2) is 32.9 Å². The molecule has 1 aromatic carbocycles. The van der Waals surface area contributed by atoms with E-state index in [0.717, 1.165) is 17.3 Å². The highest BCUT2D eigenvalue weighted by molar-refractivity contribution is 8.23. The molecule has 80 valence electrons. The molecule has 1 aliphatic heterocycles. The van der Waals surface area contributed by atoms with E-state index in [0.29, 0.717) is 5.75 Å². The molecule has 0 saturated carbocycles. The summed E-state index contributed by atoms with van der Waals surface area (Å²) >= 11 is 6.72. The van der Waals surface area contributed by atoms with Gasteiger partial charge in [-0.15, -0.1) is 0 Å². The minimum Gasteiger partial charge on any atom is -0.373 e. The third kappa shape index (κ3) is 2.71. The lowest BCUT2D eigenvalue weighted by atomic mass is 10.1. The number of nitrogens with zero attached hydrogens (tertiary/aromatic N) is 1. The molecular formula is C11H13NOS2. The van der Waals surface area contributed by atoms with Gasteiger partial charge < -0.3 is 10.0 Å². The zero-order valence-corrected chi connectivity index (χ0v) is 9.93. The Morgan fingerprint density at radius 3 is 2.73 bits per heavy atom. The van der Waals surface area contributed by atoms with Crippen LogP contribution in [0.5, 0.6) is 0 Å². The number of aliphatic hydroxyl groups excluding tert-OH is 1. The maximum absolute atomic E-state index is 9.65. The number of thioether (sulfide) groups is 1. The quantitative estimate of drug-likeness (QED) is 0.814. The maximum atomic E-state index is 9.65. The Balaban J connectivity index is 1.91. The second kappa shape index (κ2) is 4.96. The molecule has 0 unspecified atom stereocenters. The van der Waals surface area contributed by atoms with Crippen LogP contribution in [0.4, 0.5) is 0 Å². The highest BCUT2D eigenvalue weighted by Crippen LogP contribution is 2.22. The first kappa shape index (κ1) is 10.9. The molecule has 1 saturated heterocycles. The van der Waals surface area contributed by atoms with Crippen molar-refractivity contribution in [3.63, 3.8) is 0 Å². The third-order valence-corrected chi connectivity index (χ3v) is 3.97. The van der Waals surface area contributed by atoms with Crippen LogP contribution in [0.25, 0.3) is 0 Å². The van der Waals surface area contributed by atoms with Gasteiger partial charge in [-0.05, 0) is 12.0 Å². The molecule has 0 bridgehead atoms. The number of hydrogen-bond donors (Lipinski definition) is 1. The molecule has 1 heterocycles. The molecule has 4 heteroatoms. The predicted octanol–water partition coefficient (Wildman–Crippen LogP) is 1.88. The van der Waals surface area contributed by atoms with Gasteiger partial charge in [0.1, 0.15) is 10.5 Å². The Labute approximate surface area is 99.3 Å². The van der Waals surface area contributed by atoms with E-state index in [9.17, 15) is 5.11 Å². The summed E-state index contributed by atoms with van der Waals surface area (Å²) in [6.45, 7) is 0.803. The van der Waals surface area contributed by atoms with E-state index < -0.39 is 6.23 Å². The van der Waals surface area contributed by atoms with Crippen molar-refractivity contribution in [1.29, 1.82) is 0 Å². The molecule has 0 amide bonds. The van der Waals surface area contributed by atoms with Gasteiger partial charge in [-0.25, -0.2) is 0 Å². The summed E-state index contributed by atoms with van der Waals surface area (Å²) in [5.74, 6) is 0.702. The largest absolute Gasteiger partial charge is 0.373 e. The highest BCUT2D eigenvalue weighted by atomic mass is 32.2. The molecular weight excluding hydrogens is 226 g/mol. The van der Waals surface area contributed by atoms with Gasteiger partial charge >= 0.3 is 0 Å². The highest BCUT2D eigenvalue weighted by Gasteiger charge is 2.26. The molecule has 1 aliphatic rings. The zero-order valence-electron chi connectivity index (χ0n) is 8.30. The van der Waals surface area contributed by atoms with Crippen molar-refractivity contribution in [2.75, 3.05) is 12.3 Å². The van der Waals surface area contributed by atoms with Crippen molar-refractivity contribution in [3.05, 3.63) is 35.9 Å². The average molecular weight is 239 g/mol. The molecule has 0 spiro atoms. The van der Waals surface area contributed by atoms with Gasteiger partial charge in [0.25, 0.3) is 0 Å². The van der Waals surface area contributed by atoms with Gasteiger partial charge in [-0.3, -0.25) is 0 Å². The van der Waals surface area contributed by atoms with Gasteiger partial charge in [0.2, 0.25) is 0 Å². The Morgan fingerprint density at radius 2 is 2.13 bits per heavy atom. The molecule has 2 rings (SSSR count). The van der Waals surface area contributed by atoms with Gasteiger partial charge in [0.05, 0.1) is 0 Å². The van der Waals surface area contributed by atoms with Crippen LogP contribution >= 0.6 is 24.0 Å². The standard InChI is InChI=1S/C11H13NOS2/c13-10-8-15-11(14)12(10)7-6-9-4-2-1-3-5-9/h1-5,10,13H,6-8H2/t10-/m1/s1. The van der Waals surface area contributed by atoms with Crippen molar-refractivity contribution < 1.29 is 5.11 Å². The summed E-state index contributed by atoms with van der Waals surface area (Å²) in [4.78, 5) is 1.90. The van der Waals surface area contributed by atoms with E-state index in [1.54, 1.807) is 11.8 Å². The fourth-order valence-electron chi connectivity index (χ4n) is 1.57. The fraction of sp³-hybridized carbons (Fsp3) is 0.364. The first-order valence-corrected chi connectivity index (χ1v) is 6.32. The minimum absolute atomic E-state index is 0.397. The lowest BCUT2D eigenvalue weighted by Crippen LogP contribution is -2.34. The van der Waals surface area contributed by atoms with Crippen molar-refractivity contribution in [3.8, 4) is 0 Å². The number of hydrogen-bond acceptors (Lipinski definition) is 3. The summed E-state index contributed by atoms with van der Waals surface area (Å²) in [5.41, 5.74) is 1.28. The van der Waals surface area contributed by atoms with Crippen molar-refractivity contribution in [2.45, 2.75) is 12.6 Å². The maximum Gasteiger partial charge on any atom is 0.138 e. The Kier molecular flexibility index (Phi) is 3.61. The molecule has 0 aromatic heterocycles. The third-order valence-electron chi connectivity index (χ3n) is 2.43. The van der Waals surface area contributed by atoms with E-state index in [4.69, 9.17) is 12.2 Å². The molecule has 2 nitrogen and oxygen atoms in total. The summed E-state index contributed by atoms with van der Waals surface area (Å²) in [6, 6.07) is 10.3. The number of benzene rings is 1. The molecule has 1 fully saturated rings. The molecule has 15 heavy (non-hydrogen) atoms. The average Bonchev–Trinajstić information content (AvgIpc) is 2.58. The van der Waals surface area contributed by atoms with Crippen LogP contribution in [0.1, 0.15) is 5.56 Å². The normalized spacial score (nSPS) is 21.0. The van der Waals surface area contributed by atoms with Crippen LogP contribution in [-0.2, 0) is 6.42 Å². The zero-order chi connectivity index (χ0) is 10.7. The van der Waals surface area contributed by atoms with Crippen LogP contribution in [0.15, 0.2) is 30.3 Å². The van der Waals surface area contributed by atoms with Gasteiger partial charge in [0.15, 0.2) is 0 Å². The topological polar surface area (TPSA) is 23.5 Å². The Bertz CT molecular complexity index is 342. The molecule has 1 atom stereocenters. The van der Waals surface area contributed by atoms with Crippen molar-refractivity contribution in [1.82, 2.24) is 4.90 Å². The number of rotatable bonds is 3. The fourth-order valence-corrected chi connectivity index (χ4v) is 2.84. The minimum atomic E-state index is -0.397. The second-order valence-corrected chi connectivity index (χ2v) is 5.14. The van der Waals surface area contributed by atoms with E-state index in [-0.39, 0.29) is 0 Å². The van der Waals surface area contributed by atoms with Gasteiger partial charge in [-0.2, -0.15) is 0 Å². The summed E-state index contributed by atoms with van der Waals surface area (Å²) in [6.07, 6.45) is 0.532. The van der Waals surface area contributed by atoms with E-state index >= 15 is 0 Å².